The van der Waals surface area contributed by atoms with Crippen molar-refractivity contribution in [1.82, 2.24) is 4.98 Å². The lowest BCUT2D eigenvalue weighted by Gasteiger charge is -2.34. The van der Waals surface area contributed by atoms with Crippen LogP contribution >= 0.6 is 0 Å². The minimum absolute atomic E-state index is 0.157. The number of aryl methyl sites for hydroxylation is 1. The number of anilines is 2. The molecule has 6 nitrogen and oxygen atoms in total. The lowest BCUT2D eigenvalue weighted by atomic mass is 10.0. The van der Waals surface area contributed by atoms with Crippen molar-refractivity contribution < 1.29 is 18.1 Å². The third kappa shape index (κ3) is 4.47. The highest BCUT2D eigenvalue weighted by molar-refractivity contribution is 5.65. The minimum atomic E-state index is -4.61. The molecule has 0 aliphatic carbocycles. The smallest absolute Gasteiger partial charge is 0.367 e. The molecular formula is C18H19F3N4O2. The van der Waals surface area contributed by atoms with Gasteiger partial charge in [-0.1, -0.05) is 6.07 Å². The molecular weight excluding hydrogens is 361 g/mol. The van der Waals surface area contributed by atoms with E-state index in [0.717, 1.165) is 17.6 Å². The topological polar surface area (TPSA) is 71.3 Å². The number of hydrogen-bond acceptors (Lipinski definition) is 5. The molecule has 2 heterocycles. The SMILES string of the molecule is Cc1cccc(NC2CCN(c3ccc(C(F)(F)F)cc3[N+](=O)[O-])CC2)n1. The van der Waals surface area contributed by atoms with Crippen molar-refractivity contribution in [2.75, 3.05) is 23.3 Å². The van der Waals surface area contributed by atoms with Crippen LogP contribution in [0.15, 0.2) is 36.4 Å². The summed E-state index contributed by atoms with van der Waals surface area (Å²) >= 11 is 0. The van der Waals surface area contributed by atoms with Crippen molar-refractivity contribution in [2.24, 2.45) is 0 Å². The van der Waals surface area contributed by atoms with Gasteiger partial charge in [0.15, 0.2) is 0 Å². The van der Waals surface area contributed by atoms with E-state index < -0.39 is 22.4 Å². The van der Waals surface area contributed by atoms with Gasteiger partial charge >= 0.3 is 6.18 Å². The fraction of sp³-hybridized carbons (Fsp3) is 0.389. The van der Waals surface area contributed by atoms with Crippen molar-refractivity contribution in [3.8, 4) is 0 Å². The number of halogens is 3. The third-order valence-electron chi connectivity index (χ3n) is 4.58. The molecule has 0 atom stereocenters. The first-order valence-electron chi connectivity index (χ1n) is 8.55. The number of benzene rings is 1. The van der Waals surface area contributed by atoms with E-state index in [2.05, 4.69) is 10.3 Å². The summed E-state index contributed by atoms with van der Waals surface area (Å²) in [4.78, 5) is 16.7. The van der Waals surface area contributed by atoms with E-state index in [4.69, 9.17) is 0 Å². The molecule has 0 spiro atoms. The Morgan fingerprint density at radius 3 is 2.52 bits per heavy atom. The number of rotatable bonds is 4. The maximum atomic E-state index is 12.8. The summed E-state index contributed by atoms with van der Waals surface area (Å²) in [5.74, 6) is 0.772. The molecule has 1 aromatic heterocycles. The van der Waals surface area contributed by atoms with Gasteiger partial charge < -0.3 is 10.2 Å². The molecule has 1 N–H and O–H groups in total. The second-order valence-electron chi connectivity index (χ2n) is 6.53. The third-order valence-corrected chi connectivity index (χ3v) is 4.58. The van der Waals surface area contributed by atoms with Crippen molar-refractivity contribution in [3.05, 3.63) is 57.8 Å². The zero-order valence-electron chi connectivity index (χ0n) is 14.7. The zero-order valence-corrected chi connectivity index (χ0v) is 14.7. The molecule has 0 saturated carbocycles. The molecule has 2 aromatic rings. The summed E-state index contributed by atoms with van der Waals surface area (Å²) in [5.41, 5.74) is -0.408. The van der Waals surface area contributed by atoms with Gasteiger partial charge in [0, 0.05) is 30.9 Å². The number of alkyl halides is 3. The van der Waals surface area contributed by atoms with Crippen LogP contribution in [-0.4, -0.2) is 29.0 Å². The quantitative estimate of drug-likeness (QED) is 0.629. The standard InChI is InChI=1S/C18H19F3N4O2/c1-12-3-2-4-17(22-12)23-14-7-9-24(10-8-14)15-6-5-13(18(19,20)21)11-16(15)25(26)27/h2-6,11,14H,7-10H2,1H3,(H,22,23). The van der Waals surface area contributed by atoms with Gasteiger partial charge in [0.1, 0.15) is 11.5 Å². The van der Waals surface area contributed by atoms with Crippen LogP contribution in [0.4, 0.5) is 30.4 Å². The van der Waals surface area contributed by atoms with E-state index >= 15 is 0 Å². The van der Waals surface area contributed by atoms with Crippen molar-refractivity contribution >= 4 is 17.2 Å². The Kier molecular flexibility index (Phi) is 5.20. The predicted octanol–water partition coefficient (Wildman–Crippen LogP) is 4.40. The van der Waals surface area contributed by atoms with Gasteiger partial charge in [-0.3, -0.25) is 10.1 Å². The van der Waals surface area contributed by atoms with Crippen LogP contribution in [0.5, 0.6) is 0 Å². The number of nitro groups is 1. The minimum Gasteiger partial charge on any atom is -0.367 e. The summed E-state index contributed by atoms with van der Waals surface area (Å²) in [6.07, 6.45) is -3.21. The molecule has 3 rings (SSSR count). The van der Waals surface area contributed by atoms with E-state index in [-0.39, 0.29) is 11.7 Å². The Morgan fingerprint density at radius 1 is 1.22 bits per heavy atom. The predicted molar refractivity (Wildman–Crippen MR) is 95.9 cm³/mol. The van der Waals surface area contributed by atoms with Crippen LogP contribution in [0.2, 0.25) is 0 Å². The molecule has 27 heavy (non-hydrogen) atoms. The maximum absolute atomic E-state index is 12.8. The second kappa shape index (κ2) is 7.42. The van der Waals surface area contributed by atoms with Gasteiger partial charge in [0.2, 0.25) is 0 Å². The van der Waals surface area contributed by atoms with Gasteiger partial charge in [-0.15, -0.1) is 0 Å². The van der Waals surface area contributed by atoms with Gasteiger partial charge in [0.05, 0.1) is 10.5 Å². The lowest BCUT2D eigenvalue weighted by Crippen LogP contribution is -2.39. The Labute approximate surface area is 154 Å². The number of pyridine rings is 1. The molecule has 9 heteroatoms. The van der Waals surface area contributed by atoms with E-state index in [0.29, 0.717) is 32.0 Å². The molecule has 0 radical (unpaired) electrons. The fourth-order valence-electron chi connectivity index (χ4n) is 3.21. The monoisotopic (exact) mass is 380 g/mol. The highest BCUT2D eigenvalue weighted by Crippen LogP contribution is 2.37. The Hall–Kier alpha value is -2.84. The first-order valence-corrected chi connectivity index (χ1v) is 8.55. The van der Waals surface area contributed by atoms with Gasteiger partial charge in [-0.25, -0.2) is 4.98 Å². The largest absolute Gasteiger partial charge is 0.416 e. The average Bonchev–Trinajstić information content (AvgIpc) is 2.61. The summed E-state index contributed by atoms with van der Waals surface area (Å²) in [6.45, 7) is 2.92. The molecule has 1 saturated heterocycles. The summed E-state index contributed by atoms with van der Waals surface area (Å²) in [6, 6.07) is 8.53. The molecule has 0 unspecified atom stereocenters. The first kappa shape index (κ1) is 18.9. The van der Waals surface area contributed by atoms with E-state index in [1.165, 1.54) is 6.07 Å². The Morgan fingerprint density at radius 2 is 1.93 bits per heavy atom. The van der Waals surface area contributed by atoms with Gasteiger partial charge in [0.25, 0.3) is 5.69 Å². The van der Waals surface area contributed by atoms with Crippen LogP contribution < -0.4 is 10.2 Å². The van der Waals surface area contributed by atoms with E-state index in [1.54, 1.807) is 4.90 Å². The number of hydrogen-bond donors (Lipinski definition) is 1. The van der Waals surface area contributed by atoms with Crippen LogP contribution in [-0.2, 0) is 6.18 Å². The number of piperidine rings is 1. The van der Waals surface area contributed by atoms with Gasteiger partial charge in [-0.05, 0) is 44.0 Å². The molecule has 1 aliphatic heterocycles. The summed E-state index contributed by atoms with van der Waals surface area (Å²) in [7, 11) is 0. The number of nitrogens with zero attached hydrogens (tertiary/aromatic N) is 3. The normalized spacial score (nSPS) is 15.6. The van der Waals surface area contributed by atoms with Gasteiger partial charge in [-0.2, -0.15) is 13.2 Å². The molecule has 0 amide bonds. The highest BCUT2D eigenvalue weighted by atomic mass is 19.4. The van der Waals surface area contributed by atoms with Crippen molar-refractivity contribution in [2.45, 2.75) is 32.0 Å². The van der Waals surface area contributed by atoms with Crippen LogP contribution in [0, 0.1) is 17.0 Å². The molecule has 0 bridgehead atoms. The first-order chi connectivity index (χ1) is 12.7. The van der Waals surface area contributed by atoms with E-state index in [9.17, 15) is 23.3 Å². The molecule has 144 valence electrons. The summed E-state index contributed by atoms with van der Waals surface area (Å²) in [5, 5.41) is 14.6. The second-order valence-corrected chi connectivity index (χ2v) is 6.53. The molecule has 1 aromatic carbocycles. The number of nitro benzene ring substituents is 1. The van der Waals surface area contributed by atoms with Crippen LogP contribution in [0.3, 0.4) is 0 Å². The van der Waals surface area contributed by atoms with Crippen molar-refractivity contribution in [3.63, 3.8) is 0 Å². The maximum Gasteiger partial charge on any atom is 0.416 e. The van der Waals surface area contributed by atoms with Crippen LogP contribution in [0.25, 0.3) is 0 Å². The number of nitrogens with one attached hydrogen (secondary N) is 1. The van der Waals surface area contributed by atoms with Crippen LogP contribution in [0.1, 0.15) is 24.1 Å². The highest BCUT2D eigenvalue weighted by Gasteiger charge is 2.34. The fourth-order valence-corrected chi connectivity index (χ4v) is 3.21. The average molecular weight is 380 g/mol. The number of aromatic nitrogens is 1. The molecule has 1 fully saturated rings. The lowest BCUT2D eigenvalue weighted by molar-refractivity contribution is -0.384. The summed E-state index contributed by atoms with van der Waals surface area (Å²) < 4.78 is 38.5. The Bertz CT molecular complexity index is 834. The molecule has 1 aliphatic rings. The van der Waals surface area contributed by atoms with Crippen molar-refractivity contribution in [1.29, 1.82) is 0 Å². The Balaban J connectivity index is 1.71. The van der Waals surface area contributed by atoms with E-state index in [1.807, 2.05) is 25.1 Å². The zero-order chi connectivity index (χ0) is 19.6.